The lowest BCUT2D eigenvalue weighted by atomic mass is 10.0. The zero-order chi connectivity index (χ0) is 17.2. The molecule has 0 radical (unpaired) electrons. The fourth-order valence-corrected chi connectivity index (χ4v) is 3.46. The molecule has 0 unspecified atom stereocenters. The molecule has 25 heavy (non-hydrogen) atoms. The number of ketones is 1. The number of carbonyl (C=O) groups excluding carboxylic acids is 1. The van der Waals surface area contributed by atoms with Crippen molar-refractivity contribution in [3.05, 3.63) is 77.0 Å². The summed E-state index contributed by atoms with van der Waals surface area (Å²) in [6.07, 6.45) is 3.46. The van der Waals surface area contributed by atoms with Crippen molar-refractivity contribution in [1.82, 2.24) is 14.4 Å². The van der Waals surface area contributed by atoms with Gasteiger partial charge in [-0.25, -0.2) is 9.97 Å². The van der Waals surface area contributed by atoms with Gasteiger partial charge in [-0.2, -0.15) is 5.26 Å². The molecule has 0 aliphatic heterocycles. The number of benzene rings is 1. The van der Waals surface area contributed by atoms with Crippen LogP contribution in [0, 0.1) is 11.3 Å². The normalized spacial score (nSPS) is 12.0. The summed E-state index contributed by atoms with van der Waals surface area (Å²) in [6.45, 7) is 0. The Balaban J connectivity index is 1.67. The summed E-state index contributed by atoms with van der Waals surface area (Å²) in [6, 6.07) is 17.3. The third-order valence-electron chi connectivity index (χ3n) is 3.85. The summed E-state index contributed by atoms with van der Waals surface area (Å²) in [5.41, 5.74) is 2.67. The summed E-state index contributed by atoms with van der Waals surface area (Å²) in [7, 11) is 0. The quantitative estimate of drug-likeness (QED) is 0.526. The summed E-state index contributed by atoms with van der Waals surface area (Å²) in [5.74, 6) is -1.28. The van der Waals surface area contributed by atoms with Crippen molar-refractivity contribution in [2.45, 2.75) is 5.92 Å². The number of imidazole rings is 1. The smallest absolute Gasteiger partial charge is 0.206 e. The third kappa shape index (κ3) is 2.82. The van der Waals surface area contributed by atoms with E-state index in [0.717, 1.165) is 11.3 Å². The van der Waals surface area contributed by atoms with Gasteiger partial charge in [0, 0.05) is 23.3 Å². The van der Waals surface area contributed by atoms with Crippen LogP contribution in [0.1, 0.15) is 21.4 Å². The van der Waals surface area contributed by atoms with Gasteiger partial charge in [-0.1, -0.05) is 36.4 Å². The zero-order valence-electron chi connectivity index (χ0n) is 13.0. The third-order valence-corrected chi connectivity index (χ3v) is 4.76. The summed E-state index contributed by atoms with van der Waals surface area (Å²) in [4.78, 5) is 21.6. The lowest BCUT2D eigenvalue weighted by Crippen LogP contribution is -2.11. The SMILES string of the molecule is N#C[C@@H](C(=O)c1cn2ccccc2n1)c1nc(-c2ccccc2)cs1. The Morgan fingerprint density at radius 2 is 1.92 bits per heavy atom. The minimum Gasteiger partial charge on any atom is -0.306 e. The molecule has 1 aromatic carbocycles. The molecule has 0 fully saturated rings. The van der Waals surface area contributed by atoms with E-state index in [2.05, 4.69) is 16.0 Å². The van der Waals surface area contributed by atoms with Crippen molar-refractivity contribution in [2.75, 3.05) is 0 Å². The van der Waals surface area contributed by atoms with Crippen LogP contribution in [0.15, 0.2) is 66.3 Å². The maximum Gasteiger partial charge on any atom is 0.206 e. The number of hydrogen-bond acceptors (Lipinski definition) is 5. The fourth-order valence-electron chi connectivity index (χ4n) is 2.59. The van der Waals surface area contributed by atoms with Gasteiger partial charge in [0.15, 0.2) is 5.92 Å². The van der Waals surface area contributed by atoms with E-state index < -0.39 is 5.92 Å². The molecule has 0 bridgehead atoms. The molecule has 4 rings (SSSR count). The van der Waals surface area contributed by atoms with Gasteiger partial charge in [0.1, 0.15) is 16.3 Å². The molecule has 0 spiro atoms. The van der Waals surface area contributed by atoms with E-state index in [4.69, 9.17) is 0 Å². The summed E-state index contributed by atoms with van der Waals surface area (Å²) in [5, 5.41) is 11.9. The monoisotopic (exact) mass is 344 g/mol. The van der Waals surface area contributed by atoms with E-state index >= 15 is 0 Å². The number of nitrogens with zero attached hydrogens (tertiary/aromatic N) is 4. The number of Topliss-reactive ketones (excluding diaryl/α,β-unsaturated/α-hetero) is 1. The van der Waals surface area contributed by atoms with Gasteiger partial charge >= 0.3 is 0 Å². The molecule has 6 heteroatoms. The van der Waals surface area contributed by atoms with Gasteiger partial charge in [-0.05, 0) is 12.1 Å². The Hall–Kier alpha value is -3.30. The van der Waals surface area contributed by atoms with Crippen molar-refractivity contribution in [2.24, 2.45) is 0 Å². The number of aromatic nitrogens is 3. The molecular weight excluding hydrogens is 332 g/mol. The van der Waals surface area contributed by atoms with E-state index in [-0.39, 0.29) is 11.5 Å². The van der Waals surface area contributed by atoms with Crippen LogP contribution in [0.3, 0.4) is 0 Å². The van der Waals surface area contributed by atoms with E-state index in [1.165, 1.54) is 11.3 Å². The molecule has 0 saturated heterocycles. The molecule has 1 atom stereocenters. The van der Waals surface area contributed by atoms with Crippen molar-refractivity contribution in [1.29, 1.82) is 5.26 Å². The highest BCUT2D eigenvalue weighted by atomic mass is 32.1. The number of carbonyl (C=O) groups is 1. The second-order valence-electron chi connectivity index (χ2n) is 5.46. The second-order valence-corrected chi connectivity index (χ2v) is 6.35. The Morgan fingerprint density at radius 1 is 1.12 bits per heavy atom. The first-order chi connectivity index (χ1) is 12.3. The number of thiazole rings is 1. The van der Waals surface area contributed by atoms with Crippen molar-refractivity contribution >= 4 is 22.8 Å². The molecule has 4 aromatic rings. The Labute approximate surface area is 147 Å². The molecule has 0 amide bonds. The van der Waals surface area contributed by atoms with Crippen molar-refractivity contribution < 1.29 is 4.79 Å². The van der Waals surface area contributed by atoms with Crippen LogP contribution >= 0.6 is 11.3 Å². The highest BCUT2D eigenvalue weighted by Gasteiger charge is 2.27. The molecule has 5 nitrogen and oxygen atoms in total. The molecule has 0 N–H and O–H groups in total. The standard InChI is InChI=1S/C19H12N4OS/c20-10-14(18(24)15-11-23-9-5-4-8-17(23)21-15)19-22-16(12-25-19)13-6-2-1-3-7-13/h1-9,11-12,14H/t14-/m0/s1. The topological polar surface area (TPSA) is 71.0 Å². The Bertz CT molecular complexity index is 1060. The Morgan fingerprint density at radius 3 is 2.68 bits per heavy atom. The number of rotatable bonds is 4. The average Bonchev–Trinajstić information content (AvgIpc) is 3.30. The first-order valence-corrected chi connectivity index (χ1v) is 8.52. The number of nitriles is 1. The van der Waals surface area contributed by atoms with Crippen LogP contribution in [0.25, 0.3) is 16.9 Å². The van der Waals surface area contributed by atoms with Gasteiger partial charge in [-0.3, -0.25) is 4.79 Å². The predicted octanol–water partition coefficient (Wildman–Crippen LogP) is 3.95. The maximum absolute atomic E-state index is 12.8. The molecular formula is C19H12N4OS. The Kier molecular flexibility index (Phi) is 3.84. The van der Waals surface area contributed by atoms with E-state index in [1.54, 1.807) is 10.6 Å². The zero-order valence-corrected chi connectivity index (χ0v) is 13.9. The van der Waals surface area contributed by atoms with Crippen LogP contribution in [-0.4, -0.2) is 20.2 Å². The molecule has 120 valence electrons. The van der Waals surface area contributed by atoms with Crippen LogP contribution < -0.4 is 0 Å². The lowest BCUT2D eigenvalue weighted by Gasteiger charge is -2.02. The van der Waals surface area contributed by atoms with Gasteiger partial charge in [0.25, 0.3) is 0 Å². The van der Waals surface area contributed by atoms with Crippen molar-refractivity contribution in [3.63, 3.8) is 0 Å². The van der Waals surface area contributed by atoms with Gasteiger partial charge in [0.05, 0.1) is 11.8 Å². The highest BCUT2D eigenvalue weighted by molar-refractivity contribution is 7.10. The van der Waals surface area contributed by atoms with E-state index in [9.17, 15) is 10.1 Å². The number of fused-ring (bicyclic) bond motifs is 1. The summed E-state index contributed by atoms with van der Waals surface area (Å²) >= 11 is 1.32. The minimum atomic E-state index is -0.952. The lowest BCUT2D eigenvalue weighted by molar-refractivity contribution is 0.0974. The van der Waals surface area contributed by atoms with Gasteiger partial charge in [-0.15, -0.1) is 11.3 Å². The predicted molar refractivity (Wildman–Crippen MR) is 95.4 cm³/mol. The van der Waals surface area contributed by atoms with Gasteiger partial charge < -0.3 is 4.40 Å². The van der Waals surface area contributed by atoms with Gasteiger partial charge in [0.2, 0.25) is 5.78 Å². The van der Waals surface area contributed by atoms with Crippen LogP contribution in [-0.2, 0) is 0 Å². The highest BCUT2D eigenvalue weighted by Crippen LogP contribution is 2.28. The average molecular weight is 344 g/mol. The largest absolute Gasteiger partial charge is 0.306 e. The van der Waals surface area contributed by atoms with Crippen LogP contribution in [0.5, 0.6) is 0 Å². The fraction of sp³-hybridized carbons (Fsp3) is 0.0526. The molecule has 3 heterocycles. The maximum atomic E-state index is 12.8. The molecule has 0 aliphatic rings. The number of hydrogen-bond donors (Lipinski definition) is 0. The van der Waals surface area contributed by atoms with Crippen molar-refractivity contribution in [3.8, 4) is 17.3 Å². The second kappa shape index (κ2) is 6.30. The first kappa shape index (κ1) is 15.2. The summed E-state index contributed by atoms with van der Waals surface area (Å²) < 4.78 is 1.76. The first-order valence-electron chi connectivity index (χ1n) is 7.64. The van der Waals surface area contributed by atoms with E-state index in [1.807, 2.05) is 60.1 Å². The molecule has 0 saturated carbocycles. The molecule has 3 aromatic heterocycles. The minimum absolute atomic E-state index is 0.272. The van der Waals surface area contributed by atoms with E-state index in [0.29, 0.717) is 10.7 Å². The van der Waals surface area contributed by atoms with Crippen LogP contribution in [0.4, 0.5) is 0 Å². The number of pyridine rings is 1. The molecule has 0 aliphatic carbocycles. The van der Waals surface area contributed by atoms with Crippen LogP contribution in [0.2, 0.25) is 0 Å².